The minimum absolute atomic E-state index is 0.0247. The molecule has 3 aliphatic carbocycles. The third-order valence-electron chi connectivity index (χ3n) is 13.6. The normalized spacial score (nSPS) is 30.9. The molecule has 0 heterocycles. The number of esters is 4. The van der Waals surface area contributed by atoms with Gasteiger partial charge in [-0.3, -0.25) is 19.2 Å². The number of ether oxygens (including phenoxy) is 4. The number of carbonyl (C=O) groups excluding carboxylic acids is 6. The maximum Gasteiger partial charge on any atom is 0.338 e. The maximum absolute atomic E-state index is 15.5. The van der Waals surface area contributed by atoms with Gasteiger partial charge in [-0.1, -0.05) is 87.5 Å². The van der Waals surface area contributed by atoms with Crippen LogP contribution in [-0.4, -0.2) is 104 Å². The summed E-state index contributed by atoms with van der Waals surface area (Å²) in [5, 5.41) is 52.2. The van der Waals surface area contributed by atoms with Crippen LogP contribution in [0.25, 0.3) is 0 Å². The Bertz CT molecular complexity index is 2260. The van der Waals surface area contributed by atoms with Crippen molar-refractivity contribution in [1.82, 2.24) is 5.32 Å². The molecule has 0 saturated heterocycles. The van der Waals surface area contributed by atoms with Crippen LogP contribution in [0, 0.1) is 16.7 Å². The fourth-order valence-corrected chi connectivity index (χ4v) is 10.2. The van der Waals surface area contributed by atoms with E-state index in [0.29, 0.717) is 5.56 Å². The van der Waals surface area contributed by atoms with Crippen molar-refractivity contribution in [3.05, 3.63) is 119 Å². The summed E-state index contributed by atoms with van der Waals surface area (Å²) in [6.07, 6.45) is -12.2. The van der Waals surface area contributed by atoms with Gasteiger partial charge in [-0.15, -0.1) is 0 Å². The average molecular weight is 870 g/mol. The van der Waals surface area contributed by atoms with E-state index in [2.05, 4.69) is 5.32 Å². The molecule has 2 saturated carbocycles. The van der Waals surface area contributed by atoms with Crippen molar-refractivity contribution in [3.63, 3.8) is 0 Å². The molecule has 0 aromatic heterocycles. The Morgan fingerprint density at radius 1 is 0.794 bits per heavy atom. The van der Waals surface area contributed by atoms with Crippen LogP contribution in [0.4, 0.5) is 0 Å². The molecule has 15 nitrogen and oxygen atoms in total. The zero-order valence-electron chi connectivity index (χ0n) is 36.3. The van der Waals surface area contributed by atoms with Crippen molar-refractivity contribution in [2.75, 3.05) is 0 Å². The maximum atomic E-state index is 15.5. The van der Waals surface area contributed by atoms with E-state index in [0.717, 1.165) is 13.8 Å². The van der Waals surface area contributed by atoms with Crippen LogP contribution < -0.4 is 5.32 Å². The van der Waals surface area contributed by atoms with Gasteiger partial charge in [0.05, 0.1) is 35.1 Å². The number of hydrogen-bond acceptors (Lipinski definition) is 14. The SMILES string of the molecule is CC[C@@]1(OC(C)=O)C2C(OC(=O)c3ccccc3)[C@]3(O)CC(OC(=O)[C@H](O)[C@@H](NC(=O)c4ccccc4)c4ccccc4)C(C)=C([C@@H](OC(C)=O)C(=O)[C@]2(C)[C@@H](O)C[C@H]1O)C3(C)C. The Balaban J connectivity index is 1.56. The van der Waals surface area contributed by atoms with Gasteiger partial charge in [0, 0.05) is 37.7 Å². The number of benzene rings is 3. The third kappa shape index (κ3) is 8.18. The first-order chi connectivity index (χ1) is 29.6. The summed E-state index contributed by atoms with van der Waals surface area (Å²) in [5.74, 6) is -7.37. The van der Waals surface area contributed by atoms with Gasteiger partial charge in [0.25, 0.3) is 5.91 Å². The van der Waals surface area contributed by atoms with Crippen molar-refractivity contribution in [2.45, 2.75) is 122 Å². The molecule has 3 aromatic carbocycles. The van der Waals surface area contributed by atoms with Gasteiger partial charge in [-0.2, -0.15) is 0 Å². The first kappa shape index (κ1) is 46.8. The summed E-state index contributed by atoms with van der Waals surface area (Å²) >= 11 is 0. The standard InChI is InChI=1S/C48H55NO14/c1-8-47(63-28(4)51)34(53)24-33(52)46(7)39(47)41(62-43(57)31-22-16-11-17-23-31)48(59)25-32(26(2)35(45(48,5)6)38(40(46)55)60-27(3)50)61-44(58)37(54)36(29-18-12-9-13-19-29)49-42(56)30-20-14-10-15-21-30/h9-23,32-34,36-39,41,52-54,59H,8,24-25H2,1-7H3,(H,49,56)/t32?,33-,34+,36-,37+,38+,39?,41?,46+,47-,48+/m0/s1. The fraction of sp³-hybridized carbons (Fsp3) is 0.458. The zero-order chi connectivity index (χ0) is 46.2. The predicted octanol–water partition coefficient (Wildman–Crippen LogP) is 4.11. The van der Waals surface area contributed by atoms with Crippen LogP contribution in [0.1, 0.15) is 100 Å². The highest BCUT2D eigenvalue weighted by atomic mass is 16.6. The lowest BCUT2D eigenvalue weighted by molar-refractivity contribution is -0.284. The van der Waals surface area contributed by atoms with Gasteiger partial charge in [-0.25, -0.2) is 9.59 Å². The molecular weight excluding hydrogens is 815 g/mol. The molecule has 0 aliphatic heterocycles. The molecule has 63 heavy (non-hydrogen) atoms. The van der Waals surface area contributed by atoms with Gasteiger partial charge in [0.2, 0.25) is 0 Å². The molecule has 2 fully saturated rings. The van der Waals surface area contributed by atoms with E-state index in [9.17, 15) is 44.4 Å². The molecule has 3 aliphatic rings. The van der Waals surface area contributed by atoms with Crippen LogP contribution in [0.5, 0.6) is 0 Å². The van der Waals surface area contributed by atoms with E-state index in [1.165, 1.54) is 39.8 Å². The fourth-order valence-electron chi connectivity index (χ4n) is 10.2. The molecule has 2 bridgehead atoms. The molecule has 6 rings (SSSR count). The number of carbonyl (C=O) groups is 6. The van der Waals surface area contributed by atoms with Gasteiger partial charge < -0.3 is 44.7 Å². The molecule has 3 aromatic rings. The summed E-state index contributed by atoms with van der Waals surface area (Å²) in [6.45, 7) is 9.58. The number of Topliss-reactive ketones (excluding diaryl/α,β-unsaturated/α-hetero) is 1. The molecular formula is C48H55NO14. The van der Waals surface area contributed by atoms with Crippen molar-refractivity contribution >= 4 is 35.6 Å². The van der Waals surface area contributed by atoms with E-state index in [1.807, 2.05) is 0 Å². The lowest BCUT2D eigenvalue weighted by Crippen LogP contribution is -2.77. The predicted molar refractivity (Wildman–Crippen MR) is 224 cm³/mol. The van der Waals surface area contributed by atoms with Crippen LogP contribution in [0.2, 0.25) is 0 Å². The molecule has 15 heteroatoms. The lowest BCUT2D eigenvalue weighted by Gasteiger charge is -2.64. The minimum atomic E-state index is -2.48. The zero-order valence-corrected chi connectivity index (χ0v) is 36.3. The van der Waals surface area contributed by atoms with Crippen LogP contribution in [0.15, 0.2) is 102 Å². The van der Waals surface area contributed by atoms with Crippen molar-refractivity contribution in [1.29, 1.82) is 0 Å². The van der Waals surface area contributed by atoms with Crippen molar-refractivity contribution in [2.24, 2.45) is 16.7 Å². The number of amides is 1. The molecule has 0 radical (unpaired) electrons. The van der Waals surface area contributed by atoms with Crippen LogP contribution in [0.3, 0.4) is 0 Å². The highest BCUT2D eigenvalue weighted by molar-refractivity contribution is 5.96. The van der Waals surface area contributed by atoms with E-state index >= 15 is 4.79 Å². The number of aliphatic hydroxyl groups is 4. The molecule has 1 amide bonds. The monoisotopic (exact) mass is 869 g/mol. The molecule has 5 N–H and O–H groups in total. The van der Waals surface area contributed by atoms with Gasteiger partial charge in [0.1, 0.15) is 23.4 Å². The second kappa shape index (κ2) is 17.8. The Morgan fingerprint density at radius 2 is 1.35 bits per heavy atom. The van der Waals surface area contributed by atoms with Crippen LogP contribution >= 0.6 is 0 Å². The van der Waals surface area contributed by atoms with Crippen molar-refractivity contribution in [3.8, 4) is 0 Å². The number of rotatable bonds is 11. The number of hydrogen-bond donors (Lipinski definition) is 5. The number of fused-ring (bicyclic) bond motifs is 3. The highest BCUT2D eigenvalue weighted by Gasteiger charge is 2.75. The Kier molecular flexibility index (Phi) is 13.2. The number of nitrogens with one attached hydrogen (secondary N) is 1. The summed E-state index contributed by atoms with van der Waals surface area (Å²) in [6, 6.07) is 22.7. The number of ketones is 1. The van der Waals surface area contributed by atoms with E-state index in [-0.39, 0.29) is 28.7 Å². The van der Waals surface area contributed by atoms with E-state index in [4.69, 9.17) is 18.9 Å². The molecule has 336 valence electrons. The van der Waals surface area contributed by atoms with Crippen LogP contribution in [-0.2, 0) is 38.1 Å². The Labute approximate surface area is 365 Å². The first-order valence-corrected chi connectivity index (χ1v) is 20.9. The van der Waals surface area contributed by atoms with Gasteiger partial charge in [0.15, 0.2) is 18.0 Å². The van der Waals surface area contributed by atoms with E-state index < -0.39 is 119 Å². The quantitative estimate of drug-likeness (QED) is 0.104. The second-order valence-electron chi connectivity index (χ2n) is 17.4. The topological polar surface area (TPSA) is 232 Å². The van der Waals surface area contributed by atoms with E-state index in [1.54, 1.807) is 85.8 Å². The third-order valence-corrected chi connectivity index (χ3v) is 13.6. The first-order valence-electron chi connectivity index (χ1n) is 20.9. The van der Waals surface area contributed by atoms with Gasteiger partial charge in [-0.05, 0) is 61.2 Å². The Hall–Kier alpha value is -5.74. The number of aliphatic hydroxyl groups excluding tert-OH is 3. The largest absolute Gasteiger partial charge is 0.456 e. The summed E-state index contributed by atoms with van der Waals surface area (Å²) in [5.41, 5.74) is -7.82. The Morgan fingerprint density at radius 3 is 1.89 bits per heavy atom. The second-order valence-corrected chi connectivity index (χ2v) is 17.4. The smallest absolute Gasteiger partial charge is 0.338 e. The van der Waals surface area contributed by atoms with Gasteiger partial charge >= 0.3 is 23.9 Å². The summed E-state index contributed by atoms with van der Waals surface area (Å²) < 4.78 is 24.3. The highest BCUT2D eigenvalue weighted by Crippen LogP contribution is 2.63. The average Bonchev–Trinajstić information content (AvgIpc) is 3.25. The molecule has 3 unspecified atom stereocenters. The van der Waals surface area contributed by atoms with Crippen molar-refractivity contribution < 1.29 is 68.1 Å². The molecule has 11 atom stereocenters. The minimum Gasteiger partial charge on any atom is -0.456 e. The lowest BCUT2D eigenvalue weighted by atomic mass is 9.45. The molecule has 0 spiro atoms. The summed E-state index contributed by atoms with van der Waals surface area (Å²) in [7, 11) is 0. The summed E-state index contributed by atoms with van der Waals surface area (Å²) in [4.78, 5) is 83.7.